The molecule has 1 atom stereocenters. The van der Waals surface area contributed by atoms with Crippen molar-refractivity contribution >= 4 is 5.91 Å². The molecular formula is C11H14N2O3. The van der Waals surface area contributed by atoms with Crippen molar-refractivity contribution in [1.82, 2.24) is 9.88 Å². The zero-order valence-corrected chi connectivity index (χ0v) is 9.09. The Kier molecular flexibility index (Phi) is 3.17. The van der Waals surface area contributed by atoms with E-state index in [0.717, 1.165) is 12.0 Å². The maximum atomic E-state index is 12.0. The minimum absolute atomic E-state index is 0.0922. The summed E-state index contributed by atoms with van der Waals surface area (Å²) in [5, 5.41) is 9.34. The summed E-state index contributed by atoms with van der Waals surface area (Å²) >= 11 is 0. The highest BCUT2D eigenvalue weighted by atomic mass is 16.6. The van der Waals surface area contributed by atoms with Crippen molar-refractivity contribution in [3.63, 3.8) is 0 Å². The Morgan fingerprint density at radius 3 is 3.25 bits per heavy atom. The molecule has 0 aromatic carbocycles. The van der Waals surface area contributed by atoms with Crippen LogP contribution in [0, 0.1) is 0 Å². The number of methoxy groups -OCH3 is 1. The van der Waals surface area contributed by atoms with Crippen molar-refractivity contribution in [3.8, 4) is 0 Å². The molecule has 0 bridgehead atoms. The average molecular weight is 222 g/mol. The van der Waals surface area contributed by atoms with Gasteiger partial charge in [-0.3, -0.25) is 9.78 Å². The number of aliphatic hydroxyl groups is 1. The molecule has 1 aliphatic rings. The number of ether oxygens (including phenoxy) is 1. The zero-order chi connectivity index (χ0) is 11.5. The highest BCUT2D eigenvalue weighted by molar-refractivity contribution is 5.96. The van der Waals surface area contributed by atoms with Gasteiger partial charge in [0.25, 0.3) is 5.91 Å². The number of nitrogens with zero attached hydrogens (tertiary/aromatic N) is 2. The maximum absolute atomic E-state index is 12.0. The van der Waals surface area contributed by atoms with Crippen molar-refractivity contribution in [1.29, 1.82) is 0 Å². The molecule has 5 nitrogen and oxygen atoms in total. The van der Waals surface area contributed by atoms with E-state index < -0.39 is 6.29 Å². The highest BCUT2D eigenvalue weighted by Crippen LogP contribution is 2.17. The van der Waals surface area contributed by atoms with Crippen molar-refractivity contribution < 1.29 is 14.6 Å². The normalized spacial score (nSPS) is 17.1. The summed E-state index contributed by atoms with van der Waals surface area (Å²) in [6.45, 7) is 0.805. The molecule has 0 radical (unpaired) electrons. The van der Waals surface area contributed by atoms with Crippen LogP contribution in [0.15, 0.2) is 18.5 Å². The van der Waals surface area contributed by atoms with Crippen molar-refractivity contribution in [3.05, 3.63) is 29.6 Å². The van der Waals surface area contributed by atoms with Crippen LogP contribution in [0.5, 0.6) is 0 Å². The van der Waals surface area contributed by atoms with Crippen LogP contribution in [0.1, 0.15) is 15.9 Å². The fraction of sp³-hybridized carbons (Fsp3) is 0.455. The van der Waals surface area contributed by atoms with E-state index >= 15 is 0 Å². The van der Waals surface area contributed by atoms with E-state index in [2.05, 4.69) is 4.98 Å². The van der Waals surface area contributed by atoms with Gasteiger partial charge in [-0.05, 0) is 18.1 Å². The second-order valence-electron chi connectivity index (χ2n) is 3.72. The summed E-state index contributed by atoms with van der Waals surface area (Å²) in [5.41, 5.74) is 1.64. The number of β-amino-alcohol motifs (C(OH)–C–C–N with tert-alkyl or cyclic N) is 1. The SMILES string of the molecule is COC(O)CN1CCc2ccncc2C1=O. The first kappa shape index (κ1) is 11.0. The van der Waals surface area contributed by atoms with Crippen LogP contribution in [-0.4, -0.2) is 47.4 Å². The molecule has 1 aromatic heterocycles. The van der Waals surface area contributed by atoms with Gasteiger partial charge in [-0.15, -0.1) is 0 Å². The predicted octanol–water partition coefficient (Wildman–Crippen LogP) is 0.0447. The van der Waals surface area contributed by atoms with Gasteiger partial charge >= 0.3 is 0 Å². The van der Waals surface area contributed by atoms with Gasteiger partial charge in [0, 0.05) is 26.0 Å². The van der Waals surface area contributed by atoms with Gasteiger partial charge in [-0.2, -0.15) is 0 Å². The Hall–Kier alpha value is -1.46. The number of fused-ring (bicyclic) bond motifs is 1. The number of hydrogen-bond donors (Lipinski definition) is 1. The monoisotopic (exact) mass is 222 g/mol. The minimum Gasteiger partial charge on any atom is -0.366 e. The van der Waals surface area contributed by atoms with E-state index in [1.807, 2.05) is 6.07 Å². The fourth-order valence-electron chi connectivity index (χ4n) is 1.80. The fourth-order valence-corrected chi connectivity index (χ4v) is 1.80. The first-order chi connectivity index (χ1) is 7.72. The van der Waals surface area contributed by atoms with Crippen molar-refractivity contribution in [2.75, 3.05) is 20.2 Å². The van der Waals surface area contributed by atoms with Crippen molar-refractivity contribution in [2.24, 2.45) is 0 Å². The number of carbonyl (C=O) groups excluding carboxylic acids is 1. The molecule has 5 heteroatoms. The predicted molar refractivity (Wildman–Crippen MR) is 56.9 cm³/mol. The lowest BCUT2D eigenvalue weighted by atomic mass is 10.0. The van der Waals surface area contributed by atoms with Gasteiger partial charge < -0.3 is 14.7 Å². The van der Waals surface area contributed by atoms with Gasteiger partial charge in [0.15, 0.2) is 6.29 Å². The number of hydrogen-bond acceptors (Lipinski definition) is 4. The highest BCUT2D eigenvalue weighted by Gasteiger charge is 2.25. The molecule has 2 rings (SSSR count). The average Bonchev–Trinajstić information content (AvgIpc) is 2.33. The topological polar surface area (TPSA) is 62.7 Å². The molecule has 1 unspecified atom stereocenters. The van der Waals surface area contributed by atoms with Gasteiger partial charge in [0.2, 0.25) is 0 Å². The van der Waals surface area contributed by atoms with Crippen LogP contribution in [0.25, 0.3) is 0 Å². The summed E-state index contributed by atoms with van der Waals surface area (Å²) in [7, 11) is 1.41. The van der Waals surface area contributed by atoms with E-state index in [1.54, 1.807) is 17.3 Å². The Labute approximate surface area is 93.7 Å². The molecule has 2 heterocycles. The molecule has 1 aromatic rings. The van der Waals surface area contributed by atoms with Crippen LogP contribution >= 0.6 is 0 Å². The lowest BCUT2D eigenvalue weighted by Crippen LogP contribution is -2.42. The molecule has 1 N–H and O–H groups in total. The molecule has 0 spiro atoms. The Morgan fingerprint density at radius 2 is 2.50 bits per heavy atom. The van der Waals surface area contributed by atoms with E-state index in [0.29, 0.717) is 12.1 Å². The maximum Gasteiger partial charge on any atom is 0.255 e. The Morgan fingerprint density at radius 1 is 1.69 bits per heavy atom. The van der Waals surface area contributed by atoms with E-state index in [4.69, 9.17) is 4.74 Å². The molecule has 0 saturated heterocycles. The molecule has 0 fully saturated rings. The summed E-state index contributed by atoms with van der Waals surface area (Å²) in [4.78, 5) is 17.5. The van der Waals surface area contributed by atoms with E-state index in [1.165, 1.54) is 7.11 Å². The summed E-state index contributed by atoms with van der Waals surface area (Å²) in [6, 6.07) is 1.86. The second kappa shape index (κ2) is 4.59. The van der Waals surface area contributed by atoms with Crippen LogP contribution in [0.3, 0.4) is 0 Å². The standard InChI is InChI=1S/C11H14N2O3/c1-16-10(14)7-13-5-3-8-2-4-12-6-9(8)11(13)15/h2,4,6,10,14H,3,5,7H2,1H3. The van der Waals surface area contributed by atoms with Gasteiger partial charge in [-0.1, -0.05) is 0 Å². The van der Waals surface area contributed by atoms with Crippen LogP contribution in [0.4, 0.5) is 0 Å². The molecule has 86 valence electrons. The largest absolute Gasteiger partial charge is 0.366 e. The molecule has 16 heavy (non-hydrogen) atoms. The van der Waals surface area contributed by atoms with Gasteiger partial charge in [-0.25, -0.2) is 0 Å². The number of carbonyl (C=O) groups is 1. The number of pyridine rings is 1. The van der Waals surface area contributed by atoms with E-state index in [9.17, 15) is 9.90 Å². The number of aromatic nitrogens is 1. The molecule has 1 aliphatic heterocycles. The van der Waals surface area contributed by atoms with E-state index in [-0.39, 0.29) is 12.5 Å². The zero-order valence-electron chi connectivity index (χ0n) is 9.09. The van der Waals surface area contributed by atoms with Gasteiger partial charge in [0.05, 0.1) is 12.1 Å². The first-order valence-electron chi connectivity index (χ1n) is 5.15. The quantitative estimate of drug-likeness (QED) is 0.734. The van der Waals surface area contributed by atoms with Gasteiger partial charge in [0.1, 0.15) is 0 Å². The summed E-state index contributed by atoms with van der Waals surface area (Å²) in [5.74, 6) is -0.0922. The first-order valence-corrected chi connectivity index (χ1v) is 5.15. The Balaban J connectivity index is 2.15. The summed E-state index contributed by atoms with van der Waals surface area (Å²) < 4.78 is 4.74. The lowest BCUT2D eigenvalue weighted by molar-refractivity contribution is -0.0864. The van der Waals surface area contributed by atoms with Crippen molar-refractivity contribution in [2.45, 2.75) is 12.7 Å². The lowest BCUT2D eigenvalue weighted by Gasteiger charge is -2.29. The van der Waals surface area contributed by atoms with Crippen LogP contribution in [-0.2, 0) is 11.2 Å². The molecule has 0 saturated carbocycles. The number of rotatable bonds is 3. The molecule has 0 aliphatic carbocycles. The molecular weight excluding hydrogens is 208 g/mol. The third-order valence-electron chi connectivity index (χ3n) is 2.73. The van der Waals surface area contributed by atoms with Crippen LogP contribution < -0.4 is 0 Å². The van der Waals surface area contributed by atoms with Crippen LogP contribution in [0.2, 0.25) is 0 Å². The minimum atomic E-state index is -0.929. The number of amides is 1. The summed E-state index contributed by atoms with van der Waals surface area (Å²) in [6.07, 6.45) is 3.12. The second-order valence-corrected chi connectivity index (χ2v) is 3.72. The third-order valence-corrected chi connectivity index (χ3v) is 2.73. The number of aliphatic hydroxyl groups excluding tert-OH is 1. The smallest absolute Gasteiger partial charge is 0.255 e. The molecule has 1 amide bonds. The third kappa shape index (κ3) is 2.05. The Bertz CT molecular complexity index is 395.